The van der Waals surface area contributed by atoms with Crippen LogP contribution < -0.4 is 4.74 Å². The number of aromatic hydroxyl groups is 1. The highest BCUT2D eigenvalue weighted by molar-refractivity contribution is 6.14. The van der Waals surface area contributed by atoms with Gasteiger partial charge in [-0.25, -0.2) is 0 Å². The summed E-state index contributed by atoms with van der Waals surface area (Å²) in [6, 6.07) is 7.19. The molecule has 0 aliphatic carbocycles. The molecule has 0 unspecified atom stereocenters. The molecule has 0 spiro atoms. The van der Waals surface area contributed by atoms with Crippen molar-refractivity contribution in [2.45, 2.75) is 38.8 Å². The summed E-state index contributed by atoms with van der Waals surface area (Å²) < 4.78 is 11.1. The van der Waals surface area contributed by atoms with Crippen LogP contribution in [0.25, 0.3) is 6.08 Å². The van der Waals surface area contributed by atoms with Gasteiger partial charge in [0.15, 0.2) is 5.76 Å². The van der Waals surface area contributed by atoms with Crippen molar-refractivity contribution in [3.63, 3.8) is 0 Å². The Morgan fingerprint density at radius 2 is 2.20 bits per heavy atom. The number of benzene rings is 1. The maximum absolute atomic E-state index is 12.6. The Hall–Kier alpha value is -2.53. The number of likely N-dealkylation sites (tertiary alicyclic amines) is 1. The lowest BCUT2D eigenvalue weighted by atomic mass is 10.0. The number of Topliss-reactive ketones (excluding diaryl/α,β-unsaturated/α-hetero) is 1. The number of piperidine rings is 1. The lowest BCUT2D eigenvalue weighted by Gasteiger charge is -2.33. The molecule has 2 aliphatic heterocycles. The Kier molecular flexibility index (Phi) is 4.09. The molecule has 25 heavy (non-hydrogen) atoms. The van der Waals surface area contributed by atoms with Gasteiger partial charge in [0.05, 0.1) is 17.4 Å². The number of hydrogen-bond donors (Lipinski definition) is 1. The smallest absolute Gasteiger partial charge is 0.232 e. The molecule has 1 saturated heterocycles. The molecule has 1 N–H and O–H groups in total. The summed E-state index contributed by atoms with van der Waals surface area (Å²) in [4.78, 5) is 14.9. The Bertz CT molecular complexity index is 822. The summed E-state index contributed by atoms with van der Waals surface area (Å²) in [5, 5.41) is 10.4. The normalized spacial score (nSPS) is 22.2. The Balaban J connectivity index is 1.67. The van der Waals surface area contributed by atoms with Crippen LogP contribution in [0.5, 0.6) is 11.5 Å². The van der Waals surface area contributed by atoms with Crippen LogP contribution in [0.4, 0.5) is 0 Å². The standard InChI is InChI=1S/C20H21NO4/c1-13-5-2-3-9-21(13)12-16-17(22)8-7-15-19(23)18(25-20(15)16)11-14-6-4-10-24-14/h4,6-8,10-11,13,22H,2-3,5,9,12H2,1H3/t13-/m0/s1. The molecule has 2 aromatic rings. The summed E-state index contributed by atoms with van der Waals surface area (Å²) in [5.41, 5.74) is 1.18. The average Bonchev–Trinajstić information content (AvgIpc) is 3.21. The minimum atomic E-state index is -0.181. The van der Waals surface area contributed by atoms with Crippen molar-refractivity contribution in [3.05, 3.63) is 53.2 Å². The van der Waals surface area contributed by atoms with Crippen molar-refractivity contribution < 1.29 is 19.1 Å². The van der Waals surface area contributed by atoms with Gasteiger partial charge in [-0.2, -0.15) is 0 Å². The quantitative estimate of drug-likeness (QED) is 0.857. The fourth-order valence-electron chi connectivity index (χ4n) is 3.55. The first-order valence-electron chi connectivity index (χ1n) is 8.70. The third kappa shape index (κ3) is 2.96. The molecule has 5 nitrogen and oxygen atoms in total. The predicted molar refractivity (Wildman–Crippen MR) is 93.5 cm³/mol. The van der Waals surface area contributed by atoms with E-state index in [4.69, 9.17) is 9.15 Å². The van der Waals surface area contributed by atoms with E-state index < -0.39 is 0 Å². The number of carbonyl (C=O) groups excluding carboxylic acids is 1. The Morgan fingerprint density at radius 3 is 2.96 bits per heavy atom. The summed E-state index contributed by atoms with van der Waals surface area (Å²) in [5.74, 6) is 1.25. The molecule has 0 amide bonds. The molecule has 0 saturated carbocycles. The number of carbonyl (C=O) groups is 1. The Morgan fingerprint density at radius 1 is 1.32 bits per heavy atom. The topological polar surface area (TPSA) is 62.9 Å². The number of ether oxygens (including phenoxy) is 1. The molecular formula is C20H21NO4. The predicted octanol–water partition coefficient (Wildman–Crippen LogP) is 3.98. The second-order valence-corrected chi connectivity index (χ2v) is 6.71. The van der Waals surface area contributed by atoms with Gasteiger partial charge in [-0.3, -0.25) is 9.69 Å². The van der Waals surface area contributed by atoms with Gasteiger partial charge in [0, 0.05) is 18.7 Å². The van der Waals surface area contributed by atoms with Crippen molar-refractivity contribution in [1.82, 2.24) is 4.90 Å². The van der Waals surface area contributed by atoms with Crippen LogP contribution in [0.15, 0.2) is 40.7 Å². The highest BCUT2D eigenvalue weighted by atomic mass is 16.5. The highest BCUT2D eigenvalue weighted by Crippen LogP contribution is 2.40. The van der Waals surface area contributed by atoms with Gasteiger partial charge in [-0.05, 0) is 50.6 Å². The first-order chi connectivity index (χ1) is 12.1. The number of hydrogen-bond acceptors (Lipinski definition) is 5. The summed E-state index contributed by atoms with van der Waals surface area (Å²) >= 11 is 0. The number of furan rings is 1. The average molecular weight is 339 g/mol. The van der Waals surface area contributed by atoms with Gasteiger partial charge in [-0.1, -0.05) is 6.42 Å². The molecule has 1 fully saturated rings. The van der Waals surface area contributed by atoms with Crippen LogP contribution in [-0.4, -0.2) is 28.4 Å². The number of rotatable bonds is 3. The lowest BCUT2D eigenvalue weighted by Crippen LogP contribution is -2.36. The number of phenolic OH excluding ortho intramolecular Hbond substituents is 1. The number of nitrogens with zero attached hydrogens (tertiary/aromatic N) is 1. The van der Waals surface area contributed by atoms with E-state index in [1.54, 1.807) is 36.6 Å². The van der Waals surface area contributed by atoms with E-state index in [1.165, 1.54) is 6.42 Å². The van der Waals surface area contributed by atoms with E-state index in [0.717, 1.165) is 19.4 Å². The molecule has 1 atom stereocenters. The molecule has 130 valence electrons. The van der Waals surface area contributed by atoms with Gasteiger partial charge >= 0.3 is 0 Å². The minimum Gasteiger partial charge on any atom is -0.507 e. The van der Waals surface area contributed by atoms with Crippen LogP contribution >= 0.6 is 0 Å². The zero-order valence-corrected chi connectivity index (χ0v) is 14.2. The van der Waals surface area contributed by atoms with Gasteiger partial charge in [0.1, 0.15) is 17.3 Å². The van der Waals surface area contributed by atoms with Crippen molar-refractivity contribution in [1.29, 1.82) is 0 Å². The molecule has 0 bridgehead atoms. The summed E-state index contributed by atoms with van der Waals surface area (Å²) in [6.45, 7) is 3.78. The van der Waals surface area contributed by atoms with E-state index in [2.05, 4.69) is 11.8 Å². The summed E-state index contributed by atoms with van der Waals surface area (Å²) in [6.07, 6.45) is 6.69. The first-order valence-corrected chi connectivity index (χ1v) is 8.70. The highest BCUT2D eigenvalue weighted by Gasteiger charge is 2.32. The summed E-state index contributed by atoms with van der Waals surface area (Å²) in [7, 11) is 0. The first kappa shape index (κ1) is 16.0. The van der Waals surface area contributed by atoms with E-state index in [9.17, 15) is 9.90 Å². The Labute approximate surface area is 146 Å². The SMILES string of the molecule is C[C@H]1CCCCN1Cc1c(O)ccc2c1OC(=Cc1ccco1)C2=O. The van der Waals surface area contributed by atoms with E-state index in [0.29, 0.717) is 35.2 Å². The molecule has 1 aromatic heterocycles. The van der Waals surface area contributed by atoms with Crippen LogP contribution in [0.1, 0.15) is 47.9 Å². The molecular weight excluding hydrogens is 318 g/mol. The number of fused-ring (bicyclic) bond motifs is 1. The monoisotopic (exact) mass is 339 g/mol. The van der Waals surface area contributed by atoms with E-state index in [1.807, 2.05) is 0 Å². The minimum absolute atomic E-state index is 0.170. The van der Waals surface area contributed by atoms with Gasteiger partial charge in [-0.15, -0.1) is 0 Å². The number of ketones is 1. The van der Waals surface area contributed by atoms with E-state index in [-0.39, 0.29) is 17.3 Å². The molecule has 3 heterocycles. The van der Waals surface area contributed by atoms with Crippen molar-refractivity contribution in [3.8, 4) is 11.5 Å². The van der Waals surface area contributed by atoms with Gasteiger partial charge in [0.2, 0.25) is 5.78 Å². The van der Waals surface area contributed by atoms with Gasteiger partial charge in [0.25, 0.3) is 0 Å². The molecule has 0 radical (unpaired) electrons. The fourth-order valence-corrected chi connectivity index (χ4v) is 3.55. The van der Waals surface area contributed by atoms with E-state index >= 15 is 0 Å². The zero-order chi connectivity index (χ0) is 17.4. The largest absolute Gasteiger partial charge is 0.507 e. The van der Waals surface area contributed by atoms with Crippen LogP contribution in [0.2, 0.25) is 0 Å². The molecule has 5 heteroatoms. The van der Waals surface area contributed by atoms with Crippen molar-refractivity contribution in [2.24, 2.45) is 0 Å². The third-order valence-corrected chi connectivity index (χ3v) is 5.03. The maximum atomic E-state index is 12.6. The van der Waals surface area contributed by atoms with Crippen molar-refractivity contribution >= 4 is 11.9 Å². The van der Waals surface area contributed by atoms with Crippen LogP contribution in [0.3, 0.4) is 0 Å². The second kappa shape index (κ2) is 6.41. The number of allylic oxidation sites excluding steroid dienone is 1. The molecule has 1 aromatic carbocycles. The van der Waals surface area contributed by atoms with Crippen LogP contribution in [0, 0.1) is 0 Å². The molecule has 2 aliphatic rings. The zero-order valence-electron chi connectivity index (χ0n) is 14.2. The van der Waals surface area contributed by atoms with Crippen LogP contribution in [-0.2, 0) is 6.54 Å². The van der Waals surface area contributed by atoms with Gasteiger partial charge < -0.3 is 14.3 Å². The maximum Gasteiger partial charge on any atom is 0.232 e. The third-order valence-electron chi connectivity index (χ3n) is 5.03. The number of phenols is 1. The molecule has 4 rings (SSSR count). The second-order valence-electron chi connectivity index (χ2n) is 6.71. The fraction of sp³-hybridized carbons (Fsp3) is 0.350. The van der Waals surface area contributed by atoms with Crippen molar-refractivity contribution in [2.75, 3.05) is 6.54 Å². The lowest BCUT2D eigenvalue weighted by molar-refractivity contribution is 0.101.